The van der Waals surface area contributed by atoms with Crippen LogP contribution in [0, 0.1) is 6.92 Å². The number of likely N-dealkylation sites (N-methyl/N-ethyl adjacent to an activating group) is 1. The Morgan fingerprint density at radius 3 is 2.57 bits per heavy atom. The summed E-state index contributed by atoms with van der Waals surface area (Å²) in [5, 5.41) is 3.02. The zero-order chi connectivity index (χ0) is 15.9. The fraction of sp³-hybridized carbons (Fsp3) is 0.643. The van der Waals surface area contributed by atoms with Crippen molar-refractivity contribution in [3.05, 3.63) is 11.0 Å². The highest BCUT2D eigenvalue weighted by Gasteiger charge is 2.38. The molecule has 21 heavy (non-hydrogen) atoms. The third-order valence-electron chi connectivity index (χ3n) is 3.30. The quantitative estimate of drug-likeness (QED) is 0.849. The van der Waals surface area contributed by atoms with E-state index in [2.05, 4.69) is 15.3 Å². The van der Waals surface area contributed by atoms with Gasteiger partial charge in [-0.3, -0.25) is 4.79 Å². The van der Waals surface area contributed by atoms with Gasteiger partial charge in [0.2, 0.25) is 11.2 Å². The molecule has 0 saturated carbocycles. The van der Waals surface area contributed by atoms with E-state index in [9.17, 15) is 4.79 Å². The molecule has 0 radical (unpaired) electrons. The first-order valence-electron chi connectivity index (χ1n) is 6.86. The lowest BCUT2D eigenvalue weighted by molar-refractivity contribution is -0.124. The molecule has 1 unspecified atom stereocenters. The van der Waals surface area contributed by atoms with Crippen molar-refractivity contribution in [2.75, 3.05) is 17.3 Å². The number of hydrogen-bond acceptors (Lipinski definition) is 5. The van der Waals surface area contributed by atoms with Crippen molar-refractivity contribution in [3.63, 3.8) is 0 Å². The lowest BCUT2D eigenvalue weighted by Crippen LogP contribution is -2.54. The molecular weight excluding hydrogens is 292 g/mol. The summed E-state index contributed by atoms with van der Waals surface area (Å²) in [5.74, 6) is 0.484. The van der Waals surface area contributed by atoms with Gasteiger partial charge in [0, 0.05) is 7.05 Å². The predicted octanol–water partition coefficient (Wildman–Crippen LogP) is 2.40. The van der Waals surface area contributed by atoms with Crippen molar-refractivity contribution in [2.24, 2.45) is 0 Å². The van der Waals surface area contributed by atoms with E-state index >= 15 is 0 Å². The predicted molar refractivity (Wildman–Crippen MR) is 82.9 cm³/mol. The van der Waals surface area contributed by atoms with Crippen LogP contribution in [0.1, 0.15) is 33.4 Å². The average molecular weight is 313 g/mol. The zero-order valence-electron chi connectivity index (χ0n) is 13.2. The van der Waals surface area contributed by atoms with Crippen LogP contribution in [0.5, 0.6) is 0 Å². The maximum absolute atomic E-state index is 12.4. The van der Waals surface area contributed by atoms with E-state index in [1.165, 1.54) is 0 Å². The summed E-state index contributed by atoms with van der Waals surface area (Å²) in [6, 6.07) is -0.470. The highest BCUT2D eigenvalue weighted by molar-refractivity contribution is 6.28. The summed E-state index contributed by atoms with van der Waals surface area (Å²) in [7, 11) is 1.81. The summed E-state index contributed by atoms with van der Waals surface area (Å²) in [4.78, 5) is 22.5. The fourth-order valence-corrected chi connectivity index (χ4v) is 2.79. The number of halogens is 1. The number of hydrogen-bond donors (Lipinski definition) is 1. The van der Waals surface area contributed by atoms with Crippen molar-refractivity contribution in [3.8, 4) is 0 Å². The fourth-order valence-electron chi connectivity index (χ4n) is 2.58. The molecule has 1 aliphatic rings. The van der Waals surface area contributed by atoms with Crippen molar-refractivity contribution in [2.45, 2.75) is 52.4 Å². The van der Waals surface area contributed by atoms with Crippen LogP contribution in [-0.2, 0) is 9.53 Å². The molecule has 1 aromatic rings. The monoisotopic (exact) mass is 312 g/mol. The van der Waals surface area contributed by atoms with E-state index in [0.29, 0.717) is 17.2 Å². The minimum Gasteiger partial charge on any atom is -0.370 e. The molecule has 6 nitrogen and oxygen atoms in total. The van der Waals surface area contributed by atoms with Gasteiger partial charge < -0.3 is 15.0 Å². The summed E-state index contributed by atoms with van der Waals surface area (Å²) >= 11 is 5.92. The molecule has 1 N–H and O–H groups in total. The minimum atomic E-state index is -0.470. The zero-order valence-corrected chi connectivity index (χ0v) is 13.9. The van der Waals surface area contributed by atoms with Crippen LogP contribution in [-0.4, -0.2) is 40.7 Å². The summed E-state index contributed by atoms with van der Waals surface area (Å²) in [6.07, 6.45) is -0.294. The average Bonchev–Trinajstić information content (AvgIpc) is 2.28. The number of carbonyl (C=O) groups excluding carboxylic acids is 1. The molecule has 7 heteroatoms. The maximum atomic E-state index is 12.4. The van der Waals surface area contributed by atoms with E-state index in [1.807, 2.05) is 34.7 Å². The Morgan fingerprint density at radius 2 is 2.00 bits per heavy atom. The first-order chi connectivity index (χ1) is 9.60. The van der Waals surface area contributed by atoms with E-state index in [4.69, 9.17) is 16.3 Å². The van der Waals surface area contributed by atoms with Gasteiger partial charge in [0.25, 0.3) is 0 Å². The first-order valence-corrected chi connectivity index (χ1v) is 7.23. The molecule has 0 spiro atoms. The SMILES string of the molecule is Cc1nc(Cl)nc2c1NC(=O)C([C@H](C)OC(C)(C)C)N2C. The third-order valence-corrected chi connectivity index (χ3v) is 3.46. The van der Waals surface area contributed by atoms with Crippen LogP contribution < -0.4 is 10.2 Å². The van der Waals surface area contributed by atoms with Gasteiger partial charge in [0.1, 0.15) is 11.7 Å². The van der Waals surface area contributed by atoms with Gasteiger partial charge in [-0.1, -0.05) is 0 Å². The smallest absolute Gasteiger partial charge is 0.249 e. The number of nitrogens with zero attached hydrogens (tertiary/aromatic N) is 3. The van der Waals surface area contributed by atoms with Crippen LogP contribution in [0.4, 0.5) is 11.5 Å². The molecule has 2 rings (SSSR count). The molecular formula is C14H21ClN4O2. The normalized spacial score (nSPS) is 20.0. The highest BCUT2D eigenvalue weighted by atomic mass is 35.5. The van der Waals surface area contributed by atoms with Gasteiger partial charge in [-0.25, -0.2) is 4.98 Å². The Morgan fingerprint density at radius 1 is 1.38 bits per heavy atom. The number of rotatable bonds is 2. The molecule has 116 valence electrons. The second kappa shape index (κ2) is 5.42. The molecule has 0 bridgehead atoms. The van der Waals surface area contributed by atoms with E-state index in [-0.39, 0.29) is 22.9 Å². The van der Waals surface area contributed by atoms with Crippen LogP contribution in [0.2, 0.25) is 5.28 Å². The molecule has 0 saturated heterocycles. The molecule has 1 aliphatic heterocycles. The number of amides is 1. The van der Waals surface area contributed by atoms with E-state index in [1.54, 1.807) is 11.8 Å². The summed E-state index contributed by atoms with van der Waals surface area (Å²) in [6.45, 7) is 9.55. The number of aryl methyl sites for hydroxylation is 1. The standard InChI is InChI=1S/C14H21ClN4O2/c1-7-9-11(18-13(15)16-7)19(6)10(12(20)17-9)8(2)21-14(3,4)5/h8,10H,1-6H3,(H,17,20)/t8-,10?/m0/s1. The lowest BCUT2D eigenvalue weighted by atomic mass is 10.1. The second-order valence-electron chi connectivity index (χ2n) is 6.26. The van der Waals surface area contributed by atoms with Crippen molar-refractivity contribution < 1.29 is 9.53 Å². The number of aromatic nitrogens is 2. The van der Waals surface area contributed by atoms with Crippen molar-refractivity contribution in [1.82, 2.24) is 9.97 Å². The topological polar surface area (TPSA) is 67.3 Å². The van der Waals surface area contributed by atoms with Gasteiger partial charge in [-0.05, 0) is 46.2 Å². The maximum Gasteiger partial charge on any atom is 0.249 e. The molecule has 0 aliphatic carbocycles. The van der Waals surface area contributed by atoms with Crippen LogP contribution in [0.3, 0.4) is 0 Å². The Bertz CT molecular complexity index is 571. The molecule has 1 amide bonds. The Hall–Kier alpha value is -1.40. The van der Waals surface area contributed by atoms with Crippen molar-refractivity contribution >= 4 is 29.0 Å². The molecule has 0 fully saturated rings. The largest absolute Gasteiger partial charge is 0.370 e. The number of fused-ring (bicyclic) bond motifs is 1. The number of nitrogens with one attached hydrogen (secondary N) is 1. The Labute approximate surface area is 129 Å². The summed E-state index contributed by atoms with van der Waals surface area (Å²) in [5.41, 5.74) is 0.916. The van der Waals surface area contributed by atoms with E-state index < -0.39 is 6.04 Å². The molecule has 1 aromatic heterocycles. The van der Waals surface area contributed by atoms with E-state index in [0.717, 1.165) is 0 Å². The molecule has 0 aromatic carbocycles. The lowest BCUT2D eigenvalue weighted by Gasteiger charge is -2.39. The van der Waals surface area contributed by atoms with Crippen LogP contribution >= 0.6 is 11.6 Å². The minimum absolute atomic E-state index is 0.129. The summed E-state index contributed by atoms with van der Waals surface area (Å²) < 4.78 is 5.91. The van der Waals surface area contributed by atoms with Gasteiger partial charge in [0.15, 0.2) is 5.82 Å². The van der Waals surface area contributed by atoms with Crippen molar-refractivity contribution in [1.29, 1.82) is 0 Å². The van der Waals surface area contributed by atoms with Gasteiger partial charge in [-0.15, -0.1) is 0 Å². The third kappa shape index (κ3) is 3.27. The van der Waals surface area contributed by atoms with Gasteiger partial charge in [-0.2, -0.15) is 4.98 Å². The van der Waals surface area contributed by atoms with Crippen LogP contribution in [0.25, 0.3) is 0 Å². The Balaban J connectivity index is 2.37. The Kier molecular flexibility index (Phi) is 4.13. The second-order valence-corrected chi connectivity index (χ2v) is 6.60. The number of anilines is 2. The molecule has 2 heterocycles. The highest BCUT2D eigenvalue weighted by Crippen LogP contribution is 2.33. The van der Waals surface area contributed by atoms with Crippen LogP contribution in [0.15, 0.2) is 0 Å². The van der Waals surface area contributed by atoms with Gasteiger partial charge >= 0.3 is 0 Å². The first kappa shape index (κ1) is 16.0. The molecule has 2 atom stereocenters. The van der Waals surface area contributed by atoms with Gasteiger partial charge in [0.05, 0.1) is 17.4 Å². The number of carbonyl (C=O) groups is 1. The number of ether oxygens (including phenoxy) is 1.